The molecule has 3 aliphatic heterocycles. The zero-order valence-electron chi connectivity index (χ0n) is 16.8. The largest absolute Gasteiger partial charge is 0.384 e. The molecule has 1 aromatic carbocycles. The van der Waals surface area contributed by atoms with Crippen LogP contribution < -0.4 is 5.73 Å². The van der Waals surface area contributed by atoms with Crippen molar-refractivity contribution in [2.24, 2.45) is 23.5 Å². The molecule has 5 rings (SSSR count). The molecule has 1 saturated carbocycles. The number of carbonyl (C=O) groups excluding carboxylic acids is 2. The van der Waals surface area contributed by atoms with Crippen molar-refractivity contribution in [3.05, 3.63) is 35.4 Å². The van der Waals surface area contributed by atoms with E-state index in [0.717, 1.165) is 37.8 Å². The number of benzene rings is 1. The number of hydrogen-bond acceptors (Lipinski definition) is 4. The van der Waals surface area contributed by atoms with Crippen LogP contribution in [0, 0.1) is 23.2 Å². The fraction of sp³-hybridized carbons (Fsp3) is 0.609. The maximum absolute atomic E-state index is 13.5. The van der Waals surface area contributed by atoms with Gasteiger partial charge in [0, 0.05) is 24.2 Å². The van der Waals surface area contributed by atoms with E-state index in [4.69, 9.17) is 11.1 Å². The average molecular weight is 395 g/mol. The Morgan fingerprint density at radius 1 is 0.966 bits per heavy atom. The van der Waals surface area contributed by atoms with E-state index in [1.807, 2.05) is 24.3 Å². The number of imide groups is 1. The van der Waals surface area contributed by atoms with E-state index in [2.05, 4.69) is 4.90 Å². The van der Waals surface area contributed by atoms with E-state index in [9.17, 15) is 9.59 Å². The van der Waals surface area contributed by atoms with E-state index in [-0.39, 0.29) is 41.6 Å². The number of nitrogens with one attached hydrogen (secondary N) is 1. The van der Waals surface area contributed by atoms with E-state index in [0.29, 0.717) is 18.0 Å². The molecule has 3 N–H and O–H groups in total. The molecule has 4 fully saturated rings. The van der Waals surface area contributed by atoms with Crippen molar-refractivity contribution in [1.29, 1.82) is 5.41 Å². The van der Waals surface area contributed by atoms with Gasteiger partial charge in [0.05, 0.1) is 11.8 Å². The second kappa shape index (κ2) is 7.24. The first kappa shape index (κ1) is 18.8. The molecule has 3 heterocycles. The van der Waals surface area contributed by atoms with Crippen LogP contribution in [0.15, 0.2) is 24.3 Å². The third-order valence-electron chi connectivity index (χ3n) is 7.67. The Balaban J connectivity index is 1.44. The van der Waals surface area contributed by atoms with Gasteiger partial charge in [0.25, 0.3) is 0 Å². The molecule has 4 aliphatic rings. The molecule has 0 bridgehead atoms. The zero-order chi connectivity index (χ0) is 20.1. The highest BCUT2D eigenvalue weighted by Gasteiger charge is 2.62. The second-order valence-electron chi connectivity index (χ2n) is 9.27. The molecule has 1 aliphatic carbocycles. The fourth-order valence-electron chi connectivity index (χ4n) is 6.33. The van der Waals surface area contributed by atoms with Crippen molar-refractivity contribution in [2.75, 3.05) is 13.1 Å². The van der Waals surface area contributed by atoms with Crippen molar-refractivity contribution in [3.63, 3.8) is 0 Å². The highest BCUT2D eigenvalue weighted by atomic mass is 16.2. The highest BCUT2D eigenvalue weighted by Crippen LogP contribution is 2.53. The first-order valence-corrected chi connectivity index (χ1v) is 11.1. The lowest BCUT2D eigenvalue weighted by Crippen LogP contribution is -2.41. The van der Waals surface area contributed by atoms with Crippen LogP contribution in [0.2, 0.25) is 0 Å². The van der Waals surface area contributed by atoms with Crippen molar-refractivity contribution in [2.45, 2.75) is 57.0 Å². The van der Waals surface area contributed by atoms with Crippen molar-refractivity contribution in [1.82, 2.24) is 9.80 Å². The number of amidine groups is 1. The molecule has 0 radical (unpaired) electrons. The quantitative estimate of drug-likeness (QED) is 0.467. The van der Waals surface area contributed by atoms with Gasteiger partial charge in [-0.1, -0.05) is 43.5 Å². The molecular weight excluding hydrogens is 364 g/mol. The molecule has 0 spiro atoms. The Kier molecular flexibility index (Phi) is 4.69. The molecule has 1 aromatic rings. The predicted octanol–water partition coefficient (Wildman–Crippen LogP) is 2.67. The molecule has 6 nitrogen and oxygen atoms in total. The number of hydrogen-bond donors (Lipinski definition) is 2. The molecule has 154 valence electrons. The minimum absolute atomic E-state index is 0.0404. The Labute approximate surface area is 171 Å². The summed E-state index contributed by atoms with van der Waals surface area (Å²) in [4.78, 5) is 30.9. The number of nitrogens with zero attached hydrogens (tertiary/aromatic N) is 2. The topological polar surface area (TPSA) is 90.5 Å². The summed E-state index contributed by atoms with van der Waals surface area (Å²) in [6, 6.07) is 7.84. The van der Waals surface area contributed by atoms with Gasteiger partial charge in [0.1, 0.15) is 5.84 Å². The van der Waals surface area contributed by atoms with Gasteiger partial charge in [-0.3, -0.25) is 24.8 Å². The van der Waals surface area contributed by atoms with Crippen LogP contribution in [0.25, 0.3) is 0 Å². The SMILES string of the molecule is N=C(N)c1ccc([C@@H]2[C@@H]3C(=O)N(CC4CCCCC4)C(=O)[C@@H]3[C@H]3CCCN32)cc1. The van der Waals surface area contributed by atoms with Crippen LogP contribution in [0.1, 0.15) is 62.1 Å². The summed E-state index contributed by atoms with van der Waals surface area (Å²) in [7, 11) is 0. The Bertz CT molecular complexity index is 830. The predicted molar refractivity (Wildman–Crippen MR) is 110 cm³/mol. The van der Waals surface area contributed by atoms with Crippen LogP contribution >= 0.6 is 0 Å². The van der Waals surface area contributed by atoms with Gasteiger partial charge >= 0.3 is 0 Å². The van der Waals surface area contributed by atoms with Crippen molar-refractivity contribution in [3.8, 4) is 0 Å². The monoisotopic (exact) mass is 394 g/mol. The lowest BCUT2D eigenvalue weighted by Gasteiger charge is -2.31. The molecule has 29 heavy (non-hydrogen) atoms. The number of likely N-dealkylation sites (tertiary alicyclic amines) is 1. The number of carbonyl (C=O) groups is 2. The summed E-state index contributed by atoms with van der Waals surface area (Å²) in [5.41, 5.74) is 7.36. The van der Waals surface area contributed by atoms with E-state index >= 15 is 0 Å². The second-order valence-corrected chi connectivity index (χ2v) is 9.27. The van der Waals surface area contributed by atoms with E-state index in [1.165, 1.54) is 19.3 Å². The third-order valence-corrected chi connectivity index (χ3v) is 7.67. The molecule has 0 unspecified atom stereocenters. The molecule has 4 atom stereocenters. The molecular formula is C23H30N4O2. The molecule has 2 amide bonds. The number of rotatable bonds is 4. The third kappa shape index (κ3) is 3.00. The van der Waals surface area contributed by atoms with Crippen LogP contribution in [0.5, 0.6) is 0 Å². The summed E-state index contributed by atoms with van der Waals surface area (Å²) in [5.74, 6) is 0.186. The van der Waals surface area contributed by atoms with E-state index < -0.39 is 0 Å². The molecule has 0 aromatic heterocycles. The Hall–Kier alpha value is -2.21. The van der Waals surface area contributed by atoms with Gasteiger partial charge in [0.15, 0.2) is 0 Å². The van der Waals surface area contributed by atoms with Gasteiger partial charge in [-0.2, -0.15) is 0 Å². The summed E-state index contributed by atoms with van der Waals surface area (Å²) >= 11 is 0. The van der Waals surface area contributed by atoms with Gasteiger partial charge in [-0.25, -0.2) is 0 Å². The van der Waals surface area contributed by atoms with Gasteiger partial charge in [0.2, 0.25) is 11.8 Å². The van der Waals surface area contributed by atoms with Crippen molar-refractivity contribution >= 4 is 17.6 Å². The van der Waals surface area contributed by atoms with Crippen molar-refractivity contribution < 1.29 is 9.59 Å². The number of fused-ring (bicyclic) bond motifs is 3. The number of nitrogens with two attached hydrogens (primary N) is 1. The lowest BCUT2D eigenvalue weighted by molar-refractivity contribution is -0.142. The van der Waals surface area contributed by atoms with Crippen LogP contribution in [-0.2, 0) is 9.59 Å². The normalized spacial score (nSPS) is 32.6. The Morgan fingerprint density at radius 3 is 2.34 bits per heavy atom. The lowest BCUT2D eigenvalue weighted by atomic mass is 9.85. The van der Waals surface area contributed by atoms with Gasteiger partial charge in [-0.15, -0.1) is 0 Å². The van der Waals surface area contributed by atoms with Crippen LogP contribution in [0.3, 0.4) is 0 Å². The summed E-state index contributed by atoms with van der Waals surface area (Å²) < 4.78 is 0. The first-order valence-electron chi connectivity index (χ1n) is 11.1. The summed E-state index contributed by atoms with van der Waals surface area (Å²) in [6.45, 7) is 1.56. The summed E-state index contributed by atoms with van der Waals surface area (Å²) in [5, 5.41) is 7.62. The molecule has 3 saturated heterocycles. The standard InChI is InChI=1S/C23H30N4O2/c24-21(25)16-10-8-15(9-11-16)20-19-18(17-7-4-12-26(17)20)22(28)27(23(19)29)13-14-5-2-1-3-6-14/h8-11,14,17-20H,1-7,12-13H2,(H3,24,25)/t17-,18-,19-,20-/m1/s1. The number of amides is 2. The van der Waals surface area contributed by atoms with Gasteiger partial charge in [-0.05, 0) is 43.7 Å². The maximum Gasteiger partial charge on any atom is 0.235 e. The molecule has 6 heteroatoms. The van der Waals surface area contributed by atoms with Gasteiger partial charge < -0.3 is 5.73 Å². The van der Waals surface area contributed by atoms with Crippen LogP contribution in [-0.4, -0.2) is 46.6 Å². The maximum atomic E-state index is 13.5. The smallest absolute Gasteiger partial charge is 0.235 e. The zero-order valence-corrected chi connectivity index (χ0v) is 16.8. The first-order chi connectivity index (χ1) is 14.1. The fourth-order valence-corrected chi connectivity index (χ4v) is 6.33. The van der Waals surface area contributed by atoms with E-state index in [1.54, 1.807) is 4.90 Å². The Morgan fingerprint density at radius 2 is 1.66 bits per heavy atom. The minimum atomic E-state index is -0.264. The number of nitrogen functional groups attached to an aromatic ring is 1. The summed E-state index contributed by atoms with van der Waals surface area (Å²) in [6.07, 6.45) is 8.07. The average Bonchev–Trinajstić information content (AvgIpc) is 3.37. The van der Waals surface area contributed by atoms with Crippen LogP contribution in [0.4, 0.5) is 0 Å². The minimum Gasteiger partial charge on any atom is -0.384 e. The highest BCUT2D eigenvalue weighted by molar-refractivity contribution is 6.06.